The second kappa shape index (κ2) is 4.60. The topological polar surface area (TPSA) is 21.6 Å². The lowest BCUT2D eigenvalue weighted by Gasteiger charge is -2.16. The van der Waals surface area contributed by atoms with Gasteiger partial charge in [0.05, 0.1) is 0 Å². The number of hydrogen-bond donors (Lipinski definition) is 0. The van der Waals surface area contributed by atoms with E-state index < -0.39 is 0 Å². The van der Waals surface area contributed by atoms with Gasteiger partial charge in [-0.25, -0.2) is 4.99 Å². The quantitative estimate of drug-likeness (QED) is 0.767. The van der Waals surface area contributed by atoms with E-state index in [9.17, 15) is 0 Å². The minimum absolute atomic E-state index is 0.362. The molecular weight excluding hydrogens is 269 g/mol. The van der Waals surface area contributed by atoms with E-state index in [4.69, 9.17) is 27.9 Å². The molecule has 0 saturated heterocycles. The SMILES string of the molecule is C=C1OC(c2cc(Cl)c(C)c(Cl)c2)=NC1(C)CC. The van der Waals surface area contributed by atoms with E-state index in [1.807, 2.05) is 26.0 Å². The van der Waals surface area contributed by atoms with Crippen LogP contribution in [0.5, 0.6) is 0 Å². The standard InChI is InChI=1S/C14H15Cl2NO/c1-5-14(4)9(3)18-13(17-14)10-6-11(15)8(2)12(16)7-10/h6-7H,3,5H2,1-2,4H3. The first-order valence-corrected chi connectivity index (χ1v) is 6.56. The van der Waals surface area contributed by atoms with Crippen molar-refractivity contribution in [2.24, 2.45) is 4.99 Å². The lowest BCUT2D eigenvalue weighted by Crippen LogP contribution is -2.19. The highest BCUT2D eigenvalue weighted by molar-refractivity contribution is 6.36. The maximum absolute atomic E-state index is 6.12. The Hall–Kier alpha value is -0.990. The van der Waals surface area contributed by atoms with Crippen LogP contribution in [0.2, 0.25) is 10.0 Å². The van der Waals surface area contributed by atoms with Crippen LogP contribution in [-0.2, 0) is 4.74 Å². The lowest BCUT2D eigenvalue weighted by molar-refractivity contribution is 0.365. The van der Waals surface area contributed by atoms with Gasteiger partial charge in [-0.05, 0) is 38.0 Å². The summed E-state index contributed by atoms with van der Waals surface area (Å²) in [7, 11) is 0. The minimum atomic E-state index is -0.362. The summed E-state index contributed by atoms with van der Waals surface area (Å²) in [4.78, 5) is 4.58. The van der Waals surface area contributed by atoms with Gasteiger partial charge in [-0.2, -0.15) is 0 Å². The molecule has 1 unspecified atom stereocenters. The molecule has 1 aromatic carbocycles. The first-order valence-electron chi connectivity index (χ1n) is 5.80. The molecule has 1 aliphatic heterocycles. The van der Waals surface area contributed by atoms with Crippen molar-refractivity contribution in [3.05, 3.63) is 45.6 Å². The minimum Gasteiger partial charge on any atom is -0.441 e. The molecule has 2 nitrogen and oxygen atoms in total. The molecule has 0 saturated carbocycles. The first kappa shape index (κ1) is 13.4. The predicted octanol–water partition coefficient (Wildman–Crippen LogP) is 4.76. The zero-order chi connectivity index (χ0) is 13.5. The molecule has 1 heterocycles. The van der Waals surface area contributed by atoms with Crippen LogP contribution >= 0.6 is 23.2 Å². The first-order chi connectivity index (χ1) is 8.37. The second-order valence-corrected chi connectivity index (χ2v) is 5.45. The highest BCUT2D eigenvalue weighted by atomic mass is 35.5. The Morgan fingerprint density at radius 2 is 1.89 bits per heavy atom. The number of rotatable bonds is 2. The van der Waals surface area contributed by atoms with E-state index >= 15 is 0 Å². The summed E-state index contributed by atoms with van der Waals surface area (Å²) >= 11 is 12.2. The van der Waals surface area contributed by atoms with Crippen LogP contribution in [0.4, 0.5) is 0 Å². The summed E-state index contributed by atoms with van der Waals surface area (Å²) in [6, 6.07) is 3.63. The molecule has 4 heteroatoms. The second-order valence-electron chi connectivity index (χ2n) is 4.63. The normalized spacial score (nSPS) is 22.9. The maximum atomic E-state index is 6.12. The molecule has 0 aliphatic carbocycles. The van der Waals surface area contributed by atoms with Gasteiger partial charge in [0.1, 0.15) is 11.3 Å². The third-order valence-corrected chi connectivity index (χ3v) is 4.17. The van der Waals surface area contributed by atoms with Gasteiger partial charge >= 0.3 is 0 Å². The zero-order valence-corrected chi connectivity index (χ0v) is 12.2. The van der Waals surface area contributed by atoms with Crippen molar-refractivity contribution in [2.45, 2.75) is 32.7 Å². The van der Waals surface area contributed by atoms with Gasteiger partial charge in [0.2, 0.25) is 5.90 Å². The molecule has 0 radical (unpaired) electrons. The third kappa shape index (κ3) is 2.15. The van der Waals surface area contributed by atoms with Crippen molar-refractivity contribution in [3.63, 3.8) is 0 Å². The number of halogens is 2. The van der Waals surface area contributed by atoms with Crippen molar-refractivity contribution in [1.29, 1.82) is 0 Å². The number of aliphatic imine (C=N–C) groups is 1. The highest BCUT2D eigenvalue weighted by Crippen LogP contribution is 2.34. The molecule has 2 rings (SSSR count). The molecule has 0 N–H and O–H groups in total. The van der Waals surface area contributed by atoms with E-state index in [1.165, 1.54) is 0 Å². The Labute approximate surface area is 117 Å². The molecule has 0 bridgehead atoms. The van der Waals surface area contributed by atoms with Gasteiger partial charge < -0.3 is 4.74 Å². The van der Waals surface area contributed by atoms with E-state index in [0.717, 1.165) is 17.5 Å². The average Bonchev–Trinajstić information content (AvgIpc) is 2.63. The van der Waals surface area contributed by atoms with Crippen LogP contribution in [0, 0.1) is 6.92 Å². The largest absolute Gasteiger partial charge is 0.441 e. The Kier molecular flexibility index (Phi) is 3.43. The summed E-state index contributed by atoms with van der Waals surface area (Å²) in [6.45, 7) is 9.84. The van der Waals surface area contributed by atoms with E-state index in [0.29, 0.717) is 21.7 Å². The molecule has 0 fully saturated rings. The van der Waals surface area contributed by atoms with Crippen LogP contribution < -0.4 is 0 Å². The fourth-order valence-electron chi connectivity index (χ4n) is 1.70. The van der Waals surface area contributed by atoms with Gasteiger partial charge in [0.15, 0.2) is 0 Å². The van der Waals surface area contributed by atoms with Gasteiger partial charge in [-0.3, -0.25) is 0 Å². The van der Waals surface area contributed by atoms with Gasteiger partial charge in [0, 0.05) is 15.6 Å². The average molecular weight is 284 g/mol. The molecule has 1 atom stereocenters. The highest BCUT2D eigenvalue weighted by Gasteiger charge is 2.35. The predicted molar refractivity (Wildman–Crippen MR) is 76.7 cm³/mol. The van der Waals surface area contributed by atoms with Crippen LogP contribution in [0.3, 0.4) is 0 Å². The number of hydrogen-bond acceptors (Lipinski definition) is 2. The van der Waals surface area contributed by atoms with Gasteiger partial charge in [0.25, 0.3) is 0 Å². The van der Waals surface area contributed by atoms with E-state index in [1.54, 1.807) is 0 Å². The summed E-state index contributed by atoms with van der Waals surface area (Å²) in [5.74, 6) is 1.20. The summed E-state index contributed by atoms with van der Waals surface area (Å²) < 4.78 is 5.64. The Morgan fingerprint density at radius 1 is 1.33 bits per heavy atom. The molecule has 0 aromatic heterocycles. The van der Waals surface area contributed by atoms with Crippen molar-refractivity contribution < 1.29 is 4.74 Å². The van der Waals surface area contributed by atoms with E-state index in [-0.39, 0.29) is 5.54 Å². The molecule has 0 spiro atoms. The van der Waals surface area contributed by atoms with Crippen LogP contribution in [-0.4, -0.2) is 11.4 Å². The monoisotopic (exact) mass is 283 g/mol. The van der Waals surface area contributed by atoms with Crippen LogP contribution in [0.25, 0.3) is 0 Å². The van der Waals surface area contributed by atoms with Crippen molar-refractivity contribution >= 4 is 29.1 Å². The fourth-order valence-corrected chi connectivity index (χ4v) is 2.19. The van der Waals surface area contributed by atoms with Gasteiger partial charge in [-0.1, -0.05) is 36.7 Å². The fraction of sp³-hybridized carbons (Fsp3) is 0.357. The zero-order valence-electron chi connectivity index (χ0n) is 10.7. The van der Waals surface area contributed by atoms with Crippen LogP contribution in [0.1, 0.15) is 31.4 Å². The molecular formula is C14H15Cl2NO. The Balaban J connectivity index is 2.46. The van der Waals surface area contributed by atoms with Crippen molar-refractivity contribution in [2.75, 3.05) is 0 Å². The third-order valence-electron chi connectivity index (χ3n) is 3.39. The molecule has 1 aromatic rings. The number of nitrogens with zero attached hydrogens (tertiary/aromatic N) is 1. The molecule has 0 amide bonds. The van der Waals surface area contributed by atoms with Crippen molar-refractivity contribution in [3.8, 4) is 0 Å². The molecule has 18 heavy (non-hydrogen) atoms. The Morgan fingerprint density at radius 3 is 2.33 bits per heavy atom. The van der Waals surface area contributed by atoms with Crippen molar-refractivity contribution in [1.82, 2.24) is 0 Å². The molecule has 1 aliphatic rings. The number of benzene rings is 1. The van der Waals surface area contributed by atoms with Gasteiger partial charge in [-0.15, -0.1) is 0 Å². The summed E-state index contributed by atoms with van der Waals surface area (Å²) in [5, 5.41) is 1.22. The smallest absolute Gasteiger partial charge is 0.222 e. The summed E-state index contributed by atoms with van der Waals surface area (Å²) in [6.07, 6.45) is 0.836. The number of ether oxygens (including phenoxy) is 1. The summed E-state index contributed by atoms with van der Waals surface area (Å²) in [5.41, 5.74) is 1.28. The molecule has 96 valence electrons. The Bertz CT molecular complexity index is 528. The lowest BCUT2D eigenvalue weighted by atomic mass is 9.99. The van der Waals surface area contributed by atoms with Crippen LogP contribution in [0.15, 0.2) is 29.5 Å². The van der Waals surface area contributed by atoms with E-state index in [2.05, 4.69) is 18.5 Å². The maximum Gasteiger partial charge on any atom is 0.222 e.